The van der Waals surface area contributed by atoms with Crippen LogP contribution < -0.4 is 0 Å². The van der Waals surface area contributed by atoms with Crippen molar-refractivity contribution >= 4 is 5.78 Å². The first-order valence-corrected chi connectivity index (χ1v) is 5.66. The highest BCUT2D eigenvalue weighted by Crippen LogP contribution is 2.40. The van der Waals surface area contributed by atoms with E-state index in [1.54, 1.807) is 12.1 Å². The van der Waals surface area contributed by atoms with Crippen molar-refractivity contribution in [2.24, 2.45) is 5.92 Å². The lowest BCUT2D eigenvalue weighted by molar-refractivity contribution is -0.180. The first-order chi connectivity index (χ1) is 8.45. The molecule has 0 bridgehead atoms. The first-order valence-electron chi connectivity index (χ1n) is 5.66. The maximum atomic E-state index is 12.5. The van der Waals surface area contributed by atoms with Gasteiger partial charge < -0.3 is 4.74 Å². The number of ketones is 1. The number of carbonyl (C=O) groups is 1. The molecule has 0 amide bonds. The Kier molecular flexibility index (Phi) is 3.43. The van der Waals surface area contributed by atoms with Crippen LogP contribution in [0.3, 0.4) is 0 Å². The van der Waals surface area contributed by atoms with Crippen LogP contribution in [0.25, 0.3) is 0 Å². The Morgan fingerprint density at radius 3 is 2.61 bits per heavy atom. The summed E-state index contributed by atoms with van der Waals surface area (Å²) >= 11 is 0. The van der Waals surface area contributed by atoms with Crippen LogP contribution in [0.5, 0.6) is 0 Å². The van der Waals surface area contributed by atoms with Gasteiger partial charge in [-0.3, -0.25) is 4.79 Å². The van der Waals surface area contributed by atoms with Crippen LogP contribution in [-0.2, 0) is 16.0 Å². The molecule has 0 fully saturated rings. The van der Waals surface area contributed by atoms with Crippen LogP contribution in [-0.4, -0.2) is 19.1 Å². The second-order valence-corrected chi connectivity index (χ2v) is 4.36. The van der Waals surface area contributed by atoms with E-state index in [0.29, 0.717) is 12.0 Å². The Labute approximate surface area is 103 Å². The number of rotatable bonds is 2. The van der Waals surface area contributed by atoms with Crippen LogP contribution in [0.4, 0.5) is 13.2 Å². The molecule has 0 heterocycles. The summed E-state index contributed by atoms with van der Waals surface area (Å²) < 4.78 is 42.7. The Morgan fingerprint density at radius 2 is 2.00 bits per heavy atom. The summed E-state index contributed by atoms with van der Waals surface area (Å²) in [4.78, 5) is 11.4. The minimum absolute atomic E-state index is 0.174. The highest BCUT2D eigenvalue weighted by atomic mass is 19.4. The fourth-order valence-corrected chi connectivity index (χ4v) is 2.49. The molecule has 0 saturated heterocycles. The van der Waals surface area contributed by atoms with Crippen molar-refractivity contribution in [3.05, 3.63) is 35.4 Å². The Bertz CT molecular complexity index is 454. The maximum Gasteiger partial charge on any atom is 0.450 e. The molecule has 2 rings (SSSR count). The van der Waals surface area contributed by atoms with E-state index in [1.807, 2.05) is 12.1 Å². The number of Topliss-reactive ketones (excluding diaryl/α,β-unsaturated/α-hetero) is 1. The van der Waals surface area contributed by atoms with E-state index < -0.39 is 24.0 Å². The molecule has 1 aromatic rings. The molecular weight excluding hydrogens is 245 g/mol. The highest BCUT2D eigenvalue weighted by Gasteiger charge is 2.47. The molecule has 2 nitrogen and oxygen atoms in total. The van der Waals surface area contributed by atoms with Gasteiger partial charge in [-0.25, -0.2) is 0 Å². The van der Waals surface area contributed by atoms with Gasteiger partial charge >= 0.3 is 6.18 Å². The molecule has 0 aromatic heterocycles. The third-order valence-corrected chi connectivity index (χ3v) is 3.32. The van der Waals surface area contributed by atoms with E-state index in [-0.39, 0.29) is 6.42 Å². The lowest BCUT2D eigenvalue weighted by atomic mass is 9.79. The van der Waals surface area contributed by atoms with Gasteiger partial charge in [-0.1, -0.05) is 24.3 Å². The quantitative estimate of drug-likeness (QED) is 0.815. The SMILES string of the molecule is COC1c2ccccc2CCC1C(=O)C(F)(F)F. The molecule has 5 heteroatoms. The topological polar surface area (TPSA) is 26.3 Å². The van der Waals surface area contributed by atoms with Crippen molar-refractivity contribution in [3.63, 3.8) is 0 Å². The molecule has 0 spiro atoms. The standard InChI is InChI=1S/C13H13F3O2/c1-18-11-9-5-3-2-4-8(9)6-7-10(11)12(17)13(14,15)16/h2-5,10-11H,6-7H2,1H3. The van der Waals surface area contributed by atoms with Crippen molar-refractivity contribution in [3.8, 4) is 0 Å². The number of hydrogen-bond acceptors (Lipinski definition) is 2. The van der Waals surface area contributed by atoms with Crippen molar-refractivity contribution in [2.75, 3.05) is 7.11 Å². The second-order valence-electron chi connectivity index (χ2n) is 4.36. The first kappa shape index (κ1) is 13.1. The Morgan fingerprint density at radius 1 is 1.33 bits per heavy atom. The molecule has 0 aliphatic heterocycles. The smallest absolute Gasteiger partial charge is 0.376 e. The maximum absolute atomic E-state index is 12.5. The van der Waals surface area contributed by atoms with Gasteiger partial charge in [-0.15, -0.1) is 0 Å². The second kappa shape index (κ2) is 4.72. The van der Waals surface area contributed by atoms with E-state index in [4.69, 9.17) is 4.74 Å². The van der Waals surface area contributed by atoms with Gasteiger partial charge in [-0.2, -0.15) is 13.2 Å². The highest BCUT2D eigenvalue weighted by molar-refractivity contribution is 5.87. The number of hydrogen-bond donors (Lipinski definition) is 0. The minimum atomic E-state index is -4.80. The van der Waals surface area contributed by atoms with Gasteiger partial charge in [0.1, 0.15) is 0 Å². The summed E-state index contributed by atoms with van der Waals surface area (Å²) in [6.07, 6.45) is -4.95. The zero-order valence-corrected chi connectivity index (χ0v) is 9.83. The zero-order chi connectivity index (χ0) is 13.3. The molecule has 1 aliphatic carbocycles. The fraction of sp³-hybridized carbons (Fsp3) is 0.462. The van der Waals surface area contributed by atoms with Crippen molar-refractivity contribution < 1.29 is 22.7 Å². The van der Waals surface area contributed by atoms with Gasteiger partial charge in [0.15, 0.2) is 0 Å². The largest absolute Gasteiger partial charge is 0.450 e. The van der Waals surface area contributed by atoms with Crippen LogP contribution in [0, 0.1) is 5.92 Å². The molecular formula is C13H13F3O2. The number of methoxy groups -OCH3 is 1. The van der Waals surface area contributed by atoms with Gasteiger partial charge in [-0.05, 0) is 24.0 Å². The summed E-state index contributed by atoms with van der Waals surface area (Å²) in [6.45, 7) is 0. The van der Waals surface area contributed by atoms with Crippen LogP contribution in [0.2, 0.25) is 0 Å². The average Bonchev–Trinajstić information content (AvgIpc) is 2.35. The van der Waals surface area contributed by atoms with Crippen molar-refractivity contribution in [2.45, 2.75) is 25.1 Å². The third kappa shape index (κ3) is 2.27. The van der Waals surface area contributed by atoms with Crippen LogP contribution in [0.15, 0.2) is 24.3 Å². The van der Waals surface area contributed by atoms with E-state index in [9.17, 15) is 18.0 Å². The predicted octanol–water partition coefficient (Wildman–Crippen LogP) is 3.07. The number of carbonyl (C=O) groups excluding carboxylic acids is 1. The Hall–Kier alpha value is -1.36. The summed E-state index contributed by atoms with van der Waals surface area (Å²) in [6, 6.07) is 7.15. The molecule has 0 saturated carbocycles. The minimum Gasteiger partial charge on any atom is -0.376 e. The van der Waals surface area contributed by atoms with E-state index >= 15 is 0 Å². The summed E-state index contributed by atoms with van der Waals surface area (Å²) in [5.74, 6) is -2.83. The molecule has 98 valence electrons. The molecule has 1 aliphatic rings. The predicted molar refractivity (Wildman–Crippen MR) is 59.1 cm³/mol. The summed E-state index contributed by atoms with van der Waals surface area (Å²) in [5.41, 5.74) is 1.64. The van der Waals surface area contributed by atoms with Gasteiger partial charge in [0.2, 0.25) is 5.78 Å². The molecule has 1 aromatic carbocycles. The van der Waals surface area contributed by atoms with Gasteiger partial charge in [0.05, 0.1) is 12.0 Å². The molecule has 18 heavy (non-hydrogen) atoms. The monoisotopic (exact) mass is 258 g/mol. The van der Waals surface area contributed by atoms with Crippen molar-refractivity contribution in [1.82, 2.24) is 0 Å². The van der Waals surface area contributed by atoms with Gasteiger partial charge in [0.25, 0.3) is 0 Å². The van der Waals surface area contributed by atoms with E-state index in [0.717, 1.165) is 5.56 Å². The van der Waals surface area contributed by atoms with E-state index in [1.165, 1.54) is 7.11 Å². The lowest BCUT2D eigenvalue weighted by Gasteiger charge is -2.31. The van der Waals surface area contributed by atoms with Gasteiger partial charge in [0, 0.05) is 7.11 Å². The molecule has 0 radical (unpaired) electrons. The van der Waals surface area contributed by atoms with Crippen LogP contribution in [0.1, 0.15) is 23.7 Å². The van der Waals surface area contributed by atoms with E-state index in [2.05, 4.69) is 0 Å². The average molecular weight is 258 g/mol. The number of halogens is 3. The normalized spacial score (nSPS) is 23.6. The molecule has 2 atom stereocenters. The fourth-order valence-electron chi connectivity index (χ4n) is 2.49. The number of alkyl halides is 3. The van der Waals surface area contributed by atoms with Crippen molar-refractivity contribution in [1.29, 1.82) is 0 Å². The number of benzene rings is 1. The third-order valence-electron chi connectivity index (χ3n) is 3.32. The number of ether oxygens (including phenoxy) is 1. The van der Waals surface area contributed by atoms with Crippen LogP contribution >= 0.6 is 0 Å². The summed E-state index contributed by atoms with van der Waals surface area (Å²) in [7, 11) is 1.34. The number of fused-ring (bicyclic) bond motifs is 1. The number of aryl methyl sites for hydroxylation is 1. The zero-order valence-electron chi connectivity index (χ0n) is 9.83. The molecule has 0 N–H and O–H groups in total. The molecule has 2 unspecified atom stereocenters. The summed E-state index contributed by atoms with van der Waals surface area (Å²) in [5, 5.41) is 0. The lowest BCUT2D eigenvalue weighted by Crippen LogP contribution is -2.37. The Balaban J connectivity index is 2.34.